The maximum absolute atomic E-state index is 12.7. The number of ether oxygens (including phenoxy) is 1. The van der Waals surface area contributed by atoms with E-state index < -0.39 is 4.92 Å². The Morgan fingerprint density at radius 2 is 1.93 bits per heavy atom. The molecule has 7 nitrogen and oxygen atoms in total. The summed E-state index contributed by atoms with van der Waals surface area (Å²) in [7, 11) is 0. The zero-order chi connectivity index (χ0) is 19.2. The van der Waals surface area contributed by atoms with E-state index in [4.69, 9.17) is 4.74 Å². The standard InChI is InChI=1S/C20H23N3O4/c1-15-5-7-16(8-6-15)19(14-22-9-11-27-12-10-22)21-20(24)17-3-2-4-18(13-17)23(25)26/h2-8,13,19H,9-12,14H2,1H3,(H,21,24). The second-order valence-electron chi connectivity index (χ2n) is 6.66. The van der Waals surface area contributed by atoms with E-state index >= 15 is 0 Å². The minimum atomic E-state index is -0.498. The number of amides is 1. The van der Waals surface area contributed by atoms with Gasteiger partial charge in [-0.25, -0.2) is 0 Å². The fourth-order valence-corrected chi connectivity index (χ4v) is 3.08. The molecule has 3 rings (SSSR count). The molecule has 1 amide bonds. The summed E-state index contributed by atoms with van der Waals surface area (Å²) in [6.07, 6.45) is 0. The van der Waals surface area contributed by atoms with Gasteiger partial charge in [0.25, 0.3) is 11.6 Å². The highest BCUT2D eigenvalue weighted by Crippen LogP contribution is 2.19. The Balaban J connectivity index is 1.79. The Kier molecular flexibility index (Phi) is 6.16. The molecule has 0 bridgehead atoms. The van der Waals surface area contributed by atoms with E-state index in [9.17, 15) is 14.9 Å². The molecule has 1 saturated heterocycles. The molecule has 142 valence electrons. The van der Waals surface area contributed by atoms with E-state index in [0.29, 0.717) is 19.8 Å². The molecule has 1 heterocycles. The number of benzene rings is 2. The number of hydrogen-bond acceptors (Lipinski definition) is 5. The van der Waals surface area contributed by atoms with Crippen LogP contribution in [0.15, 0.2) is 48.5 Å². The fraction of sp³-hybridized carbons (Fsp3) is 0.350. The predicted molar refractivity (Wildman–Crippen MR) is 102 cm³/mol. The molecule has 0 aliphatic carbocycles. The van der Waals surface area contributed by atoms with E-state index in [1.54, 1.807) is 6.07 Å². The van der Waals surface area contributed by atoms with Crippen LogP contribution in [0, 0.1) is 17.0 Å². The number of nitro benzene ring substituents is 1. The largest absolute Gasteiger partial charge is 0.379 e. The van der Waals surface area contributed by atoms with Crippen LogP contribution in [0.3, 0.4) is 0 Å². The van der Waals surface area contributed by atoms with Gasteiger partial charge in [-0.1, -0.05) is 35.9 Å². The molecule has 0 aromatic heterocycles. The van der Waals surface area contributed by atoms with Crippen molar-refractivity contribution in [3.05, 3.63) is 75.3 Å². The zero-order valence-electron chi connectivity index (χ0n) is 15.3. The van der Waals surface area contributed by atoms with Crippen molar-refractivity contribution in [3.63, 3.8) is 0 Å². The van der Waals surface area contributed by atoms with Gasteiger partial charge < -0.3 is 10.1 Å². The minimum absolute atomic E-state index is 0.0947. The third-order valence-corrected chi connectivity index (χ3v) is 4.65. The van der Waals surface area contributed by atoms with Gasteiger partial charge in [-0.15, -0.1) is 0 Å². The van der Waals surface area contributed by atoms with Crippen molar-refractivity contribution in [2.45, 2.75) is 13.0 Å². The number of carbonyl (C=O) groups excluding carboxylic acids is 1. The van der Waals surface area contributed by atoms with E-state index in [1.165, 1.54) is 18.2 Å². The van der Waals surface area contributed by atoms with Crippen molar-refractivity contribution in [2.75, 3.05) is 32.8 Å². The molecule has 1 atom stereocenters. The SMILES string of the molecule is Cc1ccc(C(CN2CCOCC2)NC(=O)c2cccc([N+](=O)[O-])c2)cc1. The lowest BCUT2D eigenvalue weighted by atomic mass is 10.0. The van der Waals surface area contributed by atoms with Gasteiger partial charge in [0.1, 0.15) is 0 Å². The molecule has 2 aromatic carbocycles. The maximum atomic E-state index is 12.7. The number of non-ortho nitro benzene ring substituents is 1. The number of nitrogens with zero attached hydrogens (tertiary/aromatic N) is 2. The molecule has 1 fully saturated rings. The summed E-state index contributed by atoms with van der Waals surface area (Å²) < 4.78 is 5.40. The molecule has 1 aliphatic heterocycles. The molecule has 0 saturated carbocycles. The Bertz CT molecular complexity index is 801. The van der Waals surface area contributed by atoms with E-state index in [0.717, 1.165) is 24.2 Å². The topological polar surface area (TPSA) is 84.7 Å². The molecule has 7 heteroatoms. The first-order valence-corrected chi connectivity index (χ1v) is 8.95. The molecule has 0 radical (unpaired) electrons. The lowest BCUT2D eigenvalue weighted by Crippen LogP contribution is -2.43. The first-order chi connectivity index (χ1) is 13.0. The summed E-state index contributed by atoms with van der Waals surface area (Å²) >= 11 is 0. The molecule has 1 unspecified atom stereocenters. The minimum Gasteiger partial charge on any atom is -0.379 e. The first-order valence-electron chi connectivity index (χ1n) is 8.95. The molecule has 2 aromatic rings. The van der Waals surface area contributed by atoms with Gasteiger partial charge in [-0.3, -0.25) is 19.8 Å². The highest BCUT2D eigenvalue weighted by atomic mass is 16.6. The van der Waals surface area contributed by atoms with E-state index in [2.05, 4.69) is 10.2 Å². The van der Waals surface area contributed by atoms with Crippen LogP contribution in [-0.2, 0) is 4.74 Å². The van der Waals surface area contributed by atoms with Crippen molar-refractivity contribution in [3.8, 4) is 0 Å². The lowest BCUT2D eigenvalue weighted by molar-refractivity contribution is -0.384. The Morgan fingerprint density at radius 3 is 2.59 bits per heavy atom. The van der Waals surface area contributed by atoms with Crippen LogP contribution < -0.4 is 5.32 Å². The van der Waals surface area contributed by atoms with Gasteiger partial charge in [-0.2, -0.15) is 0 Å². The number of aryl methyl sites for hydroxylation is 1. The maximum Gasteiger partial charge on any atom is 0.270 e. The second-order valence-corrected chi connectivity index (χ2v) is 6.66. The first kappa shape index (κ1) is 19.0. The summed E-state index contributed by atoms with van der Waals surface area (Å²) in [4.78, 5) is 25.5. The number of nitro groups is 1. The molecular weight excluding hydrogens is 346 g/mol. The molecule has 27 heavy (non-hydrogen) atoms. The van der Waals surface area contributed by atoms with Crippen molar-refractivity contribution >= 4 is 11.6 Å². The van der Waals surface area contributed by atoms with Crippen LogP contribution in [0.4, 0.5) is 5.69 Å². The summed E-state index contributed by atoms with van der Waals surface area (Å²) in [6.45, 7) is 5.67. The van der Waals surface area contributed by atoms with E-state index in [-0.39, 0.29) is 23.2 Å². The van der Waals surface area contributed by atoms with Crippen LogP contribution >= 0.6 is 0 Å². The quantitative estimate of drug-likeness (QED) is 0.625. The number of morpholine rings is 1. The van der Waals surface area contributed by atoms with Gasteiger partial charge in [0.2, 0.25) is 0 Å². The number of rotatable bonds is 6. The smallest absolute Gasteiger partial charge is 0.270 e. The average molecular weight is 369 g/mol. The van der Waals surface area contributed by atoms with Gasteiger partial charge in [0.05, 0.1) is 24.2 Å². The summed E-state index contributed by atoms with van der Waals surface area (Å²) in [5.74, 6) is -0.322. The summed E-state index contributed by atoms with van der Waals surface area (Å²) in [6, 6.07) is 13.6. The molecule has 0 spiro atoms. The van der Waals surface area contributed by atoms with Gasteiger partial charge in [0, 0.05) is 37.3 Å². The summed E-state index contributed by atoms with van der Waals surface area (Å²) in [5.41, 5.74) is 2.34. The monoisotopic (exact) mass is 369 g/mol. The fourth-order valence-electron chi connectivity index (χ4n) is 3.08. The van der Waals surface area contributed by atoms with Gasteiger partial charge in [-0.05, 0) is 18.6 Å². The third-order valence-electron chi connectivity index (χ3n) is 4.65. The molecule has 1 N–H and O–H groups in total. The Labute approximate surface area is 158 Å². The Hall–Kier alpha value is -2.77. The Morgan fingerprint density at radius 1 is 1.22 bits per heavy atom. The molecular formula is C20H23N3O4. The van der Waals surface area contributed by atoms with Crippen LogP contribution in [-0.4, -0.2) is 48.6 Å². The number of nitrogens with one attached hydrogen (secondary N) is 1. The predicted octanol–water partition coefficient (Wildman–Crippen LogP) is 2.71. The van der Waals surface area contributed by atoms with Crippen LogP contribution in [0.5, 0.6) is 0 Å². The van der Waals surface area contributed by atoms with Crippen molar-refractivity contribution < 1.29 is 14.5 Å². The van der Waals surface area contributed by atoms with Gasteiger partial charge >= 0.3 is 0 Å². The van der Waals surface area contributed by atoms with Gasteiger partial charge in [0.15, 0.2) is 0 Å². The third kappa shape index (κ3) is 5.12. The highest BCUT2D eigenvalue weighted by molar-refractivity contribution is 5.95. The highest BCUT2D eigenvalue weighted by Gasteiger charge is 2.21. The zero-order valence-corrected chi connectivity index (χ0v) is 15.3. The van der Waals surface area contributed by atoms with Crippen molar-refractivity contribution in [1.82, 2.24) is 10.2 Å². The second kappa shape index (κ2) is 8.75. The molecule has 1 aliphatic rings. The van der Waals surface area contributed by atoms with E-state index in [1.807, 2.05) is 31.2 Å². The normalized spacial score (nSPS) is 15.9. The number of carbonyl (C=O) groups is 1. The van der Waals surface area contributed by atoms with Crippen molar-refractivity contribution in [2.24, 2.45) is 0 Å². The summed E-state index contributed by atoms with van der Waals surface area (Å²) in [5, 5.41) is 14.0. The average Bonchev–Trinajstić information content (AvgIpc) is 2.69. The lowest BCUT2D eigenvalue weighted by Gasteiger charge is -2.31. The van der Waals surface area contributed by atoms with Crippen LogP contribution in [0.2, 0.25) is 0 Å². The number of hydrogen-bond donors (Lipinski definition) is 1. The van der Waals surface area contributed by atoms with Crippen molar-refractivity contribution in [1.29, 1.82) is 0 Å². The van der Waals surface area contributed by atoms with Crippen LogP contribution in [0.1, 0.15) is 27.5 Å². The van der Waals surface area contributed by atoms with Crippen LogP contribution in [0.25, 0.3) is 0 Å².